The molecular weight excluding hydrogens is 246 g/mol. The number of rotatable bonds is 7. The van der Waals surface area contributed by atoms with Crippen LogP contribution in [0.2, 0.25) is 0 Å². The summed E-state index contributed by atoms with van der Waals surface area (Å²) in [5.74, 6) is 2.64. The second-order valence-corrected chi connectivity index (χ2v) is 6.45. The van der Waals surface area contributed by atoms with Crippen LogP contribution in [0.25, 0.3) is 0 Å². The Morgan fingerprint density at radius 1 is 1.30 bits per heavy atom. The summed E-state index contributed by atoms with van der Waals surface area (Å²) >= 11 is 0. The van der Waals surface area contributed by atoms with Crippen molar-refractivity contribution in [3.63, 3.8) is 0 Å². The van der Waals surface area contributed by atoms with Gasteiger partial charge in [0.15, 0.2) is 0 Å². The smallest absolute Gasteiger partial charge is 0.0521 e. The first-order valence-electron chi connectivity index (χ1n) is 8.42. The number of aromatic nitrogens is 2. The van der Waals surface area contributed by atoms with Crippen molar-refractivity contribution in [1.29, 1.82) is 0 Å². The molecule has 3 heteroatoms. The van der Waals surface area contributed by atoms with E-state index in [1.165, 1.54) is 50.6 Å². The van der Waals surface area contributed by atoms with Crippen LogP contribution in [0, 0.1) is 17.8 Å². The van der Waals surface area contributed by atoms with Crippen molar-refractivity contribution in [2.45, 2.75) is 58.9 Å². The van der Waals surface area contributed by atoms with Crippen LogP contribution in [0.4, 0.5) is 0 Å². The molecule has 3 unspecified atom stereocenters. The van der Waals surface area contributed by atoms with Gasteiger partial charge in [0.25, 0.3) is 0 Å². The van der Waals surface area contributed by atoms with Crippen molar-refractivity contribution in [2.24, 2.45) is 17.8 Å². The molecule has 1 saturated carbocycles. The van der Waals surface area contributed by atoms with E-state index in [-0.39, 0.29) is 0 Å². The highest BCUT2D eigenvalue weighted by Gasteiger charge is 2.29. The van der Waals surface area contributed by atoms with Gasteiger partial charge in [0.05, 0.1) is 6.20 Å². The van der Waals surface area contributed by atoms with Crippen molar-refractivity contribution in [3.8, 4) is 0 Å². The summed E-state index contributed by atoms with van der Waals surface area (Å²) < 4.78 is 2.05. The van der Waals surface area contributed by atoms with Crippen LogP contribution in [0.15, 0.2) is 12.4 Å². The zero-order valence-electron chi connectivity index (χ0n) is 13.4. The molecule has 1 aromatic heterocycles. The van der Waals surface area contributed by atoms with Gasteiger partial charge in [-0.25, -0.2) is 0 Å². The molecule has 0 radical (unpaired) electrons. The average Bonchev–Trinajstić information content (AvgIpc) is 2.90. The SMILES string of the molecule is CCCC1CCC(CNC)C(Cc2cnn(CC)c2)C1. The van der Waals surface area contributed by atoms with Crippen molar-refractivity contribution in [1.82, 2.24) is 15.1 Å². The minimum Gasteiger partial charge on any atom is -0.319 e. The zero-order valence-corrected chi connectivity index (χ0v) is 13.4. The van der Waals surface area contributed by atoms with Crippen LogP contribution in [0.5, 0.6) is 0 Å². The van der Waals surface area contributed by atoms with Crippen LogP contribution in [0.1, 0.15) is 51.5 Å². The Labute approximate surface area is 124 Å². The monoisotopic (exact) mass is 277 g/mol. The lowest BCUT2D eigenvalue weighted by Gasteiger charge is -2.36. The van der Waals surface area contributed by atoms with E-state index >= 15 is 0 Å². The second-order valence-electron chi connectivity index (χ2n) is 6.45. The lowest BCUT2D eigenvalue weighted by Crippen LogP contribution is -2.33. The third-order valence-electron chi connectivity index (χ3n) is 4.92. The number of nitrogens with zero attached hydrogens (tertiary/aromatic N) is 2. The molecule has 1 N–H and O–H groups in total. The van der Waals surface area contributed by atoms with Gasteiger partial charge in [-0.05, 0) is 63.1 Å². The van der Waals surface area contributed by atoms with E-state index in [0.29, 0.717) is 0 Å². The summed E-state index contributed by atoms with van der Waals surface area (Å²) in [5, 5.41) is 7.82. The second kappa shape index (κ2) is 7.82. The first-order chi connectivity index (χ1) is 9.76. The molecule has 2 rings (SSSR count). The summed E-state index contributed by atoms with van der Waals surface area (Å²) in [6, 6.07) is 0. The van der Waals surface area contributed by atoms with Crippen molar-refractivity contribution in [2.75, 3.05) is 13.6 Å². The Morgan fingerprint density at radius 3 is 2.80 bits per heavy atom. The van der Waals surface area contributed by atoms with Crippen molar-refractivity contribution in [3.05, 3.63) is 18.0 Å². The van der Waals surface area contributed by atoms with E-state index in [2.05, 4.69) is 48.4 Å². The summed E-state index contributed by atoms with van der Waals surface area (Å²) in [7, 11) is 2.09. The Balaban J connectivity index is 1.98. The molecule has 0 spiro atoms. The van der Waals surface area contributed by atoms with Gasteiger partial charge in [-0.15, -0.1) is 0 Å². The van der Waals surface area contributed by atoms with Crippen LogP contribution in [-0.4, -0.2) is 23.4 Å². The molecule has 0 amide bonds. The number of aryl methyl sites for hydroxylation is 1. The normalized spacial score (nSPS) is 26.9. The quantitative estimate of drug-likeness (QED) is 0.826. The molecule has 3 atom stereocenters. The third-order valence-corrected chi connectivity index (χ3v) is 4.92. The first kappa shape index (κ1) is 15.6. The highest BCUT2D eigenvalue weighted by atomic mass is 15.3. The zero-order chi connectivity index (χ0) is 14.4. The van der Waals surface area contributed by atoms with E-state index in [0.717, 1.165) is 24.3 Å². The molecule has 1 aromatic rings. The Hall–Kier alpha value is -0.830. The van der Waals surface area contributed by atoms with Gasteiger partial charge in [0.2, 0.25) is 0 Å². The fraction of sp³-hybridized carbons (Fsp3) is 0.824. The van der Waals surface area contributed by atoms with E-state index in [4.69, 9.17) is 0 Å². The van der Waals surface area contributed by atoms with Crippen LogP contribution in [-0.2, 0) is 13.0 Å². The maximum absolute atomic E-state index is 4.43. The summed E-state index contributed by atoms with van der Waals surface area (Å²) in [4.78, 5) is 0. The van der Waals surface area contributed by atoms with Gasteiger partial charge < -0.3 is 5.32 Å². The Morgan fingerprint density at radius 2 is 2.15 bits per heavy atom. The van der Waals surface area contributed by atoms with Crippen molar-refractivity contribution < 1.29 is 0 Å². The number of hydrogen-bond acceptors (Lipinski definition) is 2. The highest BCUT2D eigenvalue weighted by molar-refractivity contribution is 5.06. The number of nitrogens with one attached hydrogen (secondary N) is 1. The van der Waals surface area contributed by atoms with E-state index in [1.807, 2.05) is 0 Å². The maximum Gasteiger partial charge on any atom is 0.0521 e. The molecule has 0 bridgehead atoms. The predicted octanol–water partition coefficient (Wildman–Crippen LogP) is 3.50. The van der Waals surface area contributed by atoms with E-state index in [1.54, 1.807) is 0 Å². The molecule has 114 valence electrons. The predicted molar refractivity (Wildman–Crippen MR) is 84.8 cm³/mol. The first-order valence-corrected chi connectivity index (χ1v) is 8.42. The molecule has 0 aliphatic heterocycles. The summed E-state index contributed by atoms with van der Waals surface area (Å²) in [6.45, 7) is 6.62. The highest BCUT2D eigenvalue weighted by Crippen LogP contribution is 2.37. The summed E-state index contributed by atoms with van der Waals surface area (Å²) in [6.07, 6.45) is 12.5. The van der Waals surface area contributed by atoms with Gasteiger partial charge in [0.1, 0.15) is 0 Å². The minimum atomic E-state index is 0.835. The molecule has 1 fully saturated rings. The largest absolute Gasteiger partial charge is 0.319 e. The molecule has 20 heavy (non-hydrogen) atoms. The van der Waals surface area contributed by atoms with Gasteiger partial charge in [0, 0.05) is 12.7 Å². The average molecular weight is 277 g/mol. The van der Waals surface area contributed by atoms with Crippen LogP contribution >= 0.6 is 0 Å². The van der Waals surface area contributed by atoms with Crippen LogP contribution < -0.4 is 5.32 Å². The fourth-order valence-corrected chi connectivity index (χ4v) is 3.86. The lowest BCUT2D eigenvalue weighted by molar-refractivity contribution is 0.169. The standard InChI is InChI=1S/C17H31N3/c1-4-6-14-7-8-16(12-18-3)17(9-14)10-15-11-19-20(5-2)13-15/h11,13-14,16-18H,4-10,12H2,1-3H3. The van der Waals surface area contributed by atoms with E-state index in [9.17, 15) is 0 Å². The topological polar surface area (TPSA) is 29.9 Å². The molecular formula is C17H31N3. The van der Waals surface area contributed by atoms with Gasteiger partial charge in [-0.1, -0.05) is 26.2 Å². The molecule has 1 aliphatic carbocycles. The van der Waals surface area contributed by atoms with E-state index < -0.39 is 0 Å². The molecule has 1 aliphatic rings. The van der Waals surface area contributed by atoms with Gasteiger partial charge in [-0.3, -0.25) is 4.68 Å². The Bertz CT molecular complexity index is 385. The molecule has 3 nitrogen and oxygen atoms in total. The minimum absolute atomic E-state index is 0.835. The van der Waals surface area contributed by atoms with Crippen molar-refractivity contribution >= 4 is 0 Å². The molecule has 0 saturated heterocycles. The fourth-order valence-electron chi connectivity index (χ4n) is 3.86. The van der Waals surface area contributed by atoms with Crippen LogP contribution in [0.3, 0.4) is 0 Å². The Kier molecular flexibility index (Phi) is 6.08. The lowest BCUT2D eigenvalue weighted by atomic mass is 9.71. The summed E-state index contributed by atoms with van der Waals surface area (Å²) in [5.41, 5.74) is 1.43. The maximum atomic E-state index is 4.43. The third kappa shape index (κ3) is 4.08. The molecule has 1 heterocycles. The van der Waals surface area contributed by atoms with Gasteiger partial charge >= 0.3 is 0 Å². The molecule has 0 aromatic carbocycles. The van der Waals surface area contributed by atoms with Gasteiger partial charge in [-0.2, -0.15) is 5.10 Å². The number of hydrogen-bond donors (Lipinski definition) is 1.